The number of ether oxygens (including phenoxy) is 1. The third-order valence-corrected chi connectivity index (χ3v) is 5.71. The summed E-state index contributed by atoms with van der Waals surface area (Å²) in [5.74, 6) is 0.953. The number of piperidine rings is 1. The van der Waals surface area contributed by atoms with Gasteiger partial charge < -0.3 is 15.0 Å². The summed E-state index contributed by atoms with van der Waals surface area (Å²) in [4.78, 5) is 20.2. The van der Waals surface area contributed by atoms with Crippen LogP contribution in [0.15, 0.2) is 24.3 Å². The first-order valence-electron chi connectivity index (χ1n) is 8.79. The molecule has 0 aliphatic carbocycles. The van der Waals surface area contributed by atoms with Crippen molar-refractivity contribution in [1.82, 2.24) is 15.2 Å². The third-order valence-electron chi connectivity index (χ3n) is 4.52. The number of nitrogens with one attached hydrogen (secondary N) is 1. The number of hydrogen-bond donors (Lipinski definition) is 1. The van der Waals surface area contributed by atoms with Crippen molar-refractivity contribution in [2.24, 2.45) is 0 Å². The van der Waals surface area contributed by atoms with Crippen LogP contribution < -0.4 is 10.1 Å². The number of rotatable bonds is 5. The van der Waals surface area contributed by atoms with Gasteiger partial charge in [0.1, 0.15) is 15.6 Å². The van der Waals surface area contributed by atoms with Crippen LogP contribution in [0.1, 0.15) is 35.1 Å². The molecule has 0 saturated carbocycles. The molecule has 1 amide bonds. The molecule has 1 unspecified atom stereocenters. The molecule has 0 bridgehead atoms. The Morgan fingerprint density at radius 2 is 2.04 bits per heavy atom. The smallest absolute Gasteiger partial charge is 0.265 e. The van der Waals surface area contributed by atoms with E-state index in [1.54, 1.807) is 0 Å². The molecule has 1 atom stereocenters. The first-order valence-corrected chi connectivity index (χ1v) is 9.61. The first kappa shape index (κ1) is 23.7. The van der Waals surface area contributed by atoms with Crippen molar-refractivity contribution in [1.29, 1.82) is 0 Å². The third kappa shape index (κ3) is 5.57. The Balaban J connectivity index is 0.00000182. The summed E-state index contributed by atoms with van der Waals surface area (Å²) in [5, 5.41) is 4.16. The minimum atomic E-state index is 0. The second-order valence-electron chi connectivity index (χ2n) is 6.27. The molecule has 27 heavy (non-hydrogen) atoms. The number of nitrogens with zero attached hydrogens (tertiary/aromatic N) is 2. The van der Waals surface area contributed by atoms with Crippen molar-refractivity contribution in [3.8, 4) is 16.3 Å². The van der Waals surface area contributed by atoms with Crippen molar-refractivity contribution >= 4 is 42.1 Å². The van der Waals surface area contributed by atoms with Gasteiger partial charge in [-0.05, 0) is 58.0 Å². The molecule has 150 valence electrons. The minimum absolute atomic E-state index is 0. The summed E-state index contributed by atoms with van der Waals surface area (Å²) < 4.78 is 5.48. The number of carbonyl (C=O) groups is 1. The number of benzene rings is 1. The van der Waals surface area contributed by atoms with E-state index in [-0.39, 0.29) is 30.7 Å². The van der Waals surface area contributed by atoms with Crippen LogP contribution in [0.25, 0.3) is 10.6 Å². The number of halogens is 2. The average Bonchev–Trinajstić information content (AvgIpc) is 3.03. The lowest BCUT2D eigenvalue weighted by molar-refractivity contribution is 0.0702. The summed E-state index contributed by atoms with van der Waals surface area (Å²) in [7, 11) is 1.96. The van der Waals surface area contributed by atoms with E-state index in [1.807, 2.05) is 50.1 Å². The summed E-state index contributed by atoms with van der Waals surface area (Å²) in [6.45, 7) is 6.13. The number of hydrogen-bond acceptors (Lipinski definition) is 5. The summed E-state index contributed by atoms with van der Waals surface area (Å²) in [6, 6.07) is 8.26. The highest BCUT2D eigenvalue weighted by Crippen LogP contribution is 2.30. The maximum Gasteiger partial charge on any atom is 0.265 e. The molecule has 8 heteroatoms. The highest BCUT2D eigenvalue weighted by atomic mass is 35.5. The zero-order valence-electron chi connectivity index (χ0n) is 15.9. The van der Waals surface area contributed by atoms with Crippen molar-refractivity contribution in [3.05, 3.63) is 34.8 Å². The molecule has 1 aliphatic heterocycles. The van der Waals surface area contributed by atoms with E-state index in [9.17, 15) is 4.79 Å². The Morgan fingerprint density at radius 1 is 1.33 bits per heavy atom. The monoisotopic (exact) mass is 431 g/mol. The molecule has 0 radical (unpaired) electrons. The van der Waals surface area contributed by atoms with Crippen LogP contribution in [-0.4, -0.2) is 48.6 Å². The van der Waals surface area contributed by atoms with Crippen molar-refractivity contribution in [2.45, 2.75) is 32.7 Å². The Morgan fingerprint density at radius 3 is 2.67 bits per heavy atom. The maximum absolute atomic E-state index is 12.9. The Labute approximate surface area is 177 Å². The fraction of sp³-hybridized carbons (Fsp3) is 0.474. The van der Waals surface area contributed by atoms with E-state index in [0.29, 0.717) is 12.6 Å². The van der Waals surface area contributed by atoms with Gasteiger partial charge in [0, 0.05) is 24.7 Å². The number of likely N-dealkylation sites (N-methyl/N-ethyl adjacent to an activating group) is 1. The molecular weight excluding hydrogens is 405 g/mol. The molecule has 1 N–H and O–H groups in total. The van der Waals surface area contributed by atoms with Gasteiger partial charge in [-0.3, -0.25) is 4.79 Å². The number of likely N-dealkylation sites (tertiary alicyclic amines) is 1. The predicted molar refractivity (Wildman–Crippen MR) is 116 cm³/mol. The van der Waals surface area contributed by atoms with Crippen molar-refractivity contribution in [3.63, 3.8) is 0 Å². The quantitative estimate of drug-likeness (QED) is 0.770. The molecule has 1 aromatic carbocycles. The molecular formula is C19H27Cl2N3O2S. The van der Waals surface area contributed by atoms with Gasteiger partial charge in [-0.15, -0.1) is 36.2 Å². The van der Waals surface area contributed by atoms with E-state index < -0.39 is 0 Å². The summed E-state index contributed by atoms with van der Waals surface area (Å²) in [6.07, 6.45) is 2.17. The molecule has 1 fully saturated rings. The number of aryl methyl sites for hydroxylation is 1. The van der Waals surface area contributed by atoms with Crippen LogP contribution in [0.4, 0.5) is 0 Å². The second kappa shape index (κ2) is 10.9. The Bertz CT molecular complexity index is 737. The zero-order valence-corrected chi connectivity index (χ0v) is 18.3. The average molecular weight is 432 g/mol. The standard InChI is InChI=1S/C19H25N3O2S.2ClH/c1-4-24-16-9-7-14(8-10-16)18-21-13(2)17(25-18)19(23)22-11-5-6-15(12-22)20-3;;/h7-10,15,20H,4-6,11-12H2,1-3H3;2*1H. The number of aromatic nitrogens is 1. The molecule has 3 rings (SSSR count). The van der Waals surface area contributed by atoms with E-state index >= 15 is 0 Å². The van der Waals surface area contributed by atoms with E-state index in [2.05, 4.69) is 10.3 Å². The fourth-order valence-electron chi connectivity index (χ4n) is 3.12. The highest BCUT2D eigenvalue weighted by molar-refractivity contribution is 7.17. The van der Waals surface area contributed by atoms with E-state index in [1.165, 1.54) is 11.3 Å². The molecule has 1 saturated heterocycles. The number of amides is 1. The summed E-state index contributed by atoms with van der Waals surface area (Å²) >= 11 is 1.48. The molecule has 2 heterocycles. The second-order valence-corrected chi connectivity index (χ2v) is 7.27. The highest BCUT2D eigenvalue weighted by Gasteiger charge is 2.26. The fourth-order valence-corrected chi connectivity index (χ4v) is 4.16. The predicted octanol–water partition coefficient (Wildman–Crippen LogP) is 4.18. The van der Waals surface area contributed by atoms with Crippen LogP contribution in [0.3, 0.4) is 0 Å². The lowest BCUT2D eigenvalue weighted by Crippen LogP contribution is -2.46. The normalized spacial score (nSPS) is 16.3. The summed E-state index contributed by atoms with van der Waals surface area (Å²) in [5.41, 5.74) is 1.83. The van der Waals surface area contributed by atoms with E-state index in [4.69, 9.17) is 4.74 Å². The van der Waals surface area contributed by atoms with Crippen LogP contribution in [0, 0.1) is 6.92 Å². The SMILES string of the molecule is CCOc1ccc(-c2nc(C)c(C(=O)N3CCCC(NC)C3)s2)cc1.Cl.Cl. The van der Waals surface area contributed by atoms with Gasteiger partial charge in [0.2, 0.25) is 0 Å². The first-order chi connectivity index (χ1) is 12.1. The Kier molecular flexibility index (Phi) is 9.53. The van der Waals surface area contributed by atoms with E-state index in [0.717, 1.165) is 52.8 Å². The molecule has 0 spiro atoms. The molecule has 2 aromatic rings. The maximum atomic E-state index is 12.9. The van der Waals surface area contributed by atoms with Gasteiger partial charge in [0.15, 0.2) is 0 Å². The van der Waals surface area contributed by atoms with Gasteiger partial charge in [-0.25, -0.2) is 4.98 Å². The topological polar surface area (TPSA) is 54.5 Å². The lowest BCUT2D eigenvalue weighted by Gasteiger charge is -2.32. The molecule has 1 aliphatic rings. The van der Waals surface area contributed by atoms with Gasteiger partial charge in [0.05, 0.1) is 12.3 Å². The van der Waals surface area contributed by atoms with Crippen molar-refractivity contribution in [2.75, 3.05) is 26.7 Å². The van der Waals surface area contributed by atoms with Crippen LogP contribution >= 0.6 is 36.2 Å². The zero-order chi connectivity index (χ0) is 17.8. The minimum Gasteiger partial charge on any atom is -0.494 e. The number of thiazole rings is 1. The van der Waals surface area contributed by atoms with Gasteiger partial charge in [-0.2, -0.15) is 0 Å². The molecule has 1 aromatic heterocycles. The number of carbonyl (C=O) groups excluding carboxylic acids is 1. The Hall–Kier alpha value is -1.34. The van der Waals surface area contributed by atoms with Crippen LogP contribution in [0.2, 0.25) is 0 Å². The lowest BCUT2D eigenvalue weighted by atomic mass is 10.1. The van der Waals surface area contributed by atoms with Crippen molar-refractivity contribution < 1.29 is 9.53 Å². The van der Waals surface area contributed by atoms with Crippen LogP contribution in [0.5, 0.6) is 5.75 Å². The largest absolute Gasteiger partial charge is 0.494 e. The van der Waals surface area contributed by atoms with Gasteiger partial charge in [0.25, 0.3) is 5.91 Å². The van der Waals surface area contributed by atoms with Gasteiger partial charge in [-0.1, -0.05) is 0 Å². The van der Waals surface area contributed by atoms with Crippen LogP contribution in [-0.2, 0) is 0 Å². The van der Waals surface area contributed by atoms with Gasteiger partial charge >= 0.3 is 0 Å². The molecule has 5 nitrogen and oxygen atoms in total.